The summed E-state index contributed by atoms with van der Waals surface area (Å²) in [4.78, 5) is 18.0. The van der Waals surface area contributed by atoms with Gasteiger partial charge < -0.3 is 15.7 Å². The second-order valence-corrected chi connectivity index (χ2v) is 4.28. The third-order valence-electron chi connectivity index (χ3n) is 3.13. The topological polar surface area (TPSA) is 79.5 Å². The average Bonchev–Trinajstić information content (AvgIpc) is 2.78. The van der Waals surface area contributed by atoms with Crippen LogP contribution in [0.5, 0.6) is 0 Å². The first-order chi connectivity index (χ1) is 8.22. The van der Waals surface area contributed by atoms with Crippen LogP contribution >= 0.6 is 0 Å². The molecule has 5 nitrogen and oxygen atoms in total. The molecule has 0 aromatic carbocycles. The smallest absolute Gasteiger partial charge is 0.255 e. The SMILES string of the molecule is Nc1ccc(C(=O)N2CCCC2CCO)cn1. The van der Waals surface area contributed by atoms with Gasteiger partial charge in [-0.25, -0.2) is 4.98 Å². The number of aliphatic hydroxyl groups excluding tert-OH is 1. The number of carbonyl (C=O) groups excluding carboxylic acids is 1. The van der Waals surface area contributed by atoms with Gasteiger partial charge in [0.25, 0.3) is 5.91 Å². The van der Waals surface area contributed by atoms with Gasteiger partial charge in [-0.15, -0.1) is 0 Å². The van der Waals surface area contributed by atoms with Crippen molar-refractivity contribution in [3.63, 3.8) is 0 Å². The van der Waals surface area contributed by atoms with Crippen LogP contribution in [0.25, 0.3) is 0 Å². The Morgan fingerprint density at radius 2 is 2.41 bits per heavy atom. The van der Waals surface area contributed by atoms with Crippen LogP contribution in [0.1, 0.15) is 29.6 Å². The predicted octanol–water partition coefficient (Wildman–Crippen LogP) is 0.651. The Kier molecular flexibility index (Phi) is 3.58. The maximum atomic E-state index is 12.2. The van der Waals surface area contributed by atoms with Crippen molar-refractivity contribution in [1.82, 2.24) is 9.88 Å². The highest BCUT2D eigenvalue weighted by atomic mass is 16.3. The molecular formula is C12H17N3O2. The van der Waals surface area contributed by atoms with Crippen molar-refractivity contribution < 1.29 is 9.90 Å². The number of pyridine rings is 1. The number of nitrogen functional groups attached to an aromatic ring is 1. The number of carbonyl (C=O) groups is 1. The van der Waals surface area contributed by atoms with E-state index in [1.165, 1.54) is 6.20 Å². The molecule has 1 atom stereocenters. The van der Waals surface area contributed by atoms with Gasteiger partial charge in [0.2, 0.25) is 0 Å². The van der Waals surface area contributed by atoms with E-state index in [-0.39, 0.29) is 18.6 Å². The first kappa shape index (κ1) is 11.9. The van der Waals surface area contributed by atoms with Crippen LogP contribution in [0, 0.1) is 0 Å². The van der Waals surface area contributed by atoms with Crippen molar-refractivity contribution in [2.24, 2.45) is 0 Å². The Balaban J connectivity index is 2.11. The molecule has 1 unspecified atom stereocenters. The number of hydrogen-bond acceptors (Lipinski definition) is 4. The number of aliphatic hydroxyl groups is 1. The number of aromatic nitrogens is 1. The lowest BCUT2D eigenvalue weighted by atomic mass is 10.1. The van der Waals surface area contributed by atoms with Gasteiger partial charge in [-0.1, -0.05) is 0 Å². The van der Waals surface area contributed by atoms with Crippen LogP contribution < -0.4 is 5.73 Å². The molecule has 17 heavy (non-hydrogen) atoms. The normalized spacial score (nSPS) is 19.6. The molecule has 0 spiro atoms. The van der Waals surface area contributed by atoms with Crippen LogP contribution in [0.3, 0.4) is 0 Å². The Morgan fingerprint density at radius 3 is 3.06 bits per heavy atom. The standard InChI is InChI=1S/C12H17N3O2/c13-11-4-3-9(8-14-11)12(17)15-6-1-2-10(15)5-7-16/h3-4,8,10,16H,1-2,5-7H2,(H2,13,14). The van der Waals surface area contributed by atoms with Gasteiger partial charge in [-0.05, 0) is 31.4 Å². The quantitative estimate of drug-likeness (QED) is 0.806. The monoisotopic (exact) mass is 235 g/mol. The number of nitrogens with two attached hydrogens (primary N) is 1. The van der Waals surface area contributed by atoms with Crippen LogP contribution in [0.15, 0.2) is 18.3 Å². The molecule has 92 valence electrons. The van der Waals surface area contributed by atoms with Gasteiger partial charge in [0.15, 0.2) is 0 Å². The molecule has 1 saturated heterocycles. The zero-order chi connectivity index (χ0) is 12.3. The fourth-order valence-corrected chi connectivity index (χ4v) is 2.25. The molecule has 5 heteroatoms. The van der Waals surface area contributed by atoms with Gasteiger partial charge in [0.1, 0.15) is 5.82 Å². The van der Waals surface area contributed by atoms with Crippen LogP contribution in [-0.4, -0.2) is 40.1 Å². The summed E-state index contributed by atoms with van der Waals surface area (Å²) in [5.41, 5.74) is 6.05. The van der Waals surface area contributed by atoms with Gasteiger partial charge >= 0.3 is 0 Å². The second-order valence-electron chi connectivity index (χ2n) is 4.28. The molecule has 0 saturated carbocycles. The number of rotatable bonds is 3. The largest absolute Gasteiger partial charge is 0.396 e. The van der Waals surface area contributed by atoms with Crippen molar-refractivity contribution in [3.8, 4) is 0 Å². The lowest BCUT2D eigenvalue weighted by Gasteiger charge is -2.24. The Bertz CT molecular complexity index is 391. The third kappa shape index (κ3) is 2.55. The minimum absolute atomic E-state index is 0.0200. The Labute approximate surface area is 100 Å². The first-order valence-corrected chi connectivity index (χ1v) is 5.85. The summed E-state index contributed by atoms with van der Waals surface area (Å²) in [6.07, 6.45) is 4.12. The van der Waals surface area contributed by atoms with Crippen molar-refractivity contribution in [2.45, 2.75) is 25.3 Å². The molecular weight excluding hydrogens is 218 g/mol. The Morgan fingerprint density at radius 1 is 1.59 bits per heavy atom. The summed E-state index contributed by atoms with van der Waals surface area (Å²) < 4.78 is 0. The summed E-state index contributed by atoms with van der Waals surface area (Å²) in [5, 5.41) is 8.97. The second kappa shape index (κ2) is 5.14. The molecule has 1 aromatic heterocycles. The van der Waals surface area contributed by atoms with Gasteiger partial charge in [-0.2, -0.15) is 0 Å². The number of anilines is 1. The fraction of sp³-hybridized carbons (Fsp3) is 0.500. The lowest BCUT2D eigenvalue weighted by molar-refractivity contribution is 0.0716. The van der Waals surface area contributed by atoms with Crippen LogP contribution in [0.2, 0.25) is 0 Å². The number of amides is 1. The zero-order valence-corrected chi connectivity index (χ0v) is 9.67. The molecule has 1 amide bonds. The molecule has 0 aliphatic carbocycles. The number of nitrogens with zero attached hydrogens (tertiary/aromatic N) is 2. The molecule has 1 fully saturated rings. The fourth-order valence-electron chi connectivity index (χ4n) is 2.25. The summed E-state index contributed by atoms with van der Waals surface area (Å²) in [6.45, 7) is 0.877. The maximum Gasteiger partial charge on any atom is 0.255 e. The molecule has 1 aliphatic heterocycles. The maximum absolute atomic E-state index is 12.2. The predicted molar refractivity (Wildman–Crippen MR) is 64.4 cm³/mol. The van der Waals surface area contributed by atoms with Crippen molar-refractivity contribution in [2.75, 3.05) is 18.9 Å². The summed E-state index contributed by atoms with van der Waals surface area (Å²) in [5.74, 6) is 0.392. The van der Waals surface area contributed by atoms with E-state index < -0.39 is 0 Å². The van der Waals surface area contributed by atoms with Crippen LogP contribution in [-0.2, 0) is 0 Å². The average molecular weight is 235 g/mol. The zero-order valence-electron chi connectivity index (χ0n) is 9.67. The van der Waals surface area contributed by atoms with E-state index in [2.05, 4.69) is 4.98 Å². The highest BCUT2D eigenvalue weighted by Gasteiger charge is 2.28. The van der Waals surface area contributed by atoms with Gasteiger partial charge in [0.05, 0.1) is 5.56 Å². The van der Waals surface area contributed by atoms with Gasteiger partial charge in [0, 0.05) is 25.4 Å². The van der Waals surface area contributed by atoms with E-state index in [1.807, 2.05) is 4.90 Å². The number of hydrogen-bond donors (Lipinski definition) is 2. The van der Waals surface area contributed by atoms with E-state index in [4.69, 9.17) is 10.8 Å². The molecule has 1 aromatic rings. The highest BCUT2D eigenvalue weighted by molar-refractivity contribution is 5.94. The molecule has 3 N–H and O–H groups in total. The highest BCUT2D eigenvalue weighted by Crippen LogP contribution is 2.22. The number of likely N-dealkylation sites (tertiary alicyclic amines) is 1. The van der Waals surface area contributed by atoms with Crippen molar-refractivity contribution >= 4 is 11.7 Å². The van der Waals surface area contributed by atoms with Gasteiger partial charge in [-0.3, -0.25) is 4.79 Å². The first-order valence-electron chi connectivity index (χ1n) is 5.85. The molecule has 2 heterocycles. The summed E-state index contributed by atoms with van der Waals surface area (Å²) in [7, 11) is 0. The lowest BCUT2D eigenvalue weighted by Crippen LogP contribution is -2.36. The van der Waals surface area contributed by atoms with E-state index in [9.17, 15) is 4.79 Å². The third-order valence-corrected chi connectivity index (χ3v) is 3.13. The van der Waals surface area contributed by atoms with Crippen molar-refractivity contribution in [1.29, 1.82) is 0 Å². The van der Waals surface area contributed by atoms with E-state index in [0.29, 0.717) is 17.8 Å². The summed E-state index contributed by atoms with van der Waals surface area (Å²) >= 11 is 0. The van der Waals surface area contributed by atoms with E-state index in [1.54, 1.807) is 12.1 Å². The molecule has 0 radical (unpaired) electrons. The van der Waals surface area contributed by atoms with E-state index >= 15 is 0 Å². The minimum Gasteiger partial charge on any atom is -0.396 e. The van der Waals surface area contributed by atoms with E-state index in [0.717, 1.165) is 19.4 Å². The molecule has 2 rings (SSSR count). The molecule has 0 bridgehead atoms. The summed E-state index contributed by atoms with van der Waals surface area (Å²) in [6, 6.07) is 3.48. The molecule has 1 aliphatic rings. The van der Waals surface area contributed by atoms with Crippen LogP contribution in [0.4, 0.5) is 5.82 Å². The minimum atomic E-state index is -0.0200. The Hall–Kier alpha value is -1.62. The van der Waals surface area contributed by atoms with Crippen molar-refractivity contribution in [3.05, 3.63) is 23.9 Å².